The lowest BCUT2D eigenvalue weighted by atomic mass is 9.95. The third kappa shape index (κ3) is 3.30. The van der Waals surface area contributed by atoms with Gasteiger partial charge in [0, 0.05) is 17.2 Å². The predicted octanol–water partition coefficient (Wildman–Crippen LogP) is 4.52. The van der Waals surface area contributed by atoms with Gasteiger partial charge in [-0.2, -0.15) is 0 Å². The minimum Gasteiger partial charge on any atom is -0.294 e. The maximum Gasteiger partial charge on any atom is 0.137 e. The van der Waals surface area contributed by atoms with Gasteiger partial charge in [-0.3, -0.25) is 4.57 Å². The molecule has 116 valence electrons. The van der Waals surface area contributed by atoms with Crippen LogP contribution in [0.2, 0.25) is 0 Å². The van der Waals surface area contributed by atoms with Gasteiger partial charge in [-0.05, 0) is 18.2 Å². The van der Waals surface area contributed by atoms with E-state index in [4.69, 9.17) is 7.85 Å². The molecule has 0 atom stereocenters. The maximum atomic E-state index is 6.00. The average Bonchev–Trinajstić information content (AvgIpc) is 2.89. The van der Waals surface area contributed by atoms with Crippen LogP contribution in [0.25, 0.3) is 28.9 Å². The number of fused-ring (bicyclic) bond motifs is 1. The van der Waals surface area contributed by atoms with Crippen LogP contribution in [0.1, 0.15) is 11.3 Å². The van der Waals surface area contributed by atoms with E-state index in [1.807, 2.05) is 41.0 Å². The lowest BCUT2D eigenvalue weighted by Gasteiger charge is -2.09. The largest absolute Gasteiger partial charge is 0.294 e. The molecule has 0 saturated heterocycles. The van der Waals surface area contributed by atoms with E-state index < -0.39 is 0 Å². The van der Waals surface area contributed by atoms with Gasteiger partial charge in [-0.1, -0.05) is 74.3 Å². The van der Waals surface area contributed by atoms with Crippen LogP contribution in [0.5, 0.6) is 0 Å². The van der Waals surface area contributed by atoms with Crippen molar-refractivity contribution in [2.45, 2.75) is 0 Å². The molecule has 0 aliphatic carbocycles. The van der Waals surface area contributed by atoms with E-state index in [9.17, 15) is 0 Å². The number of aromatic nitrogens is 1. The Morgan fingerprint density at radius 3 is 2.50 bits per heavy atom. The molecule has 0 spiro atoms. The molecule has 0 N–H and O–H groups in total. The van der Waals surface area contributed by atoms with E-state index >= 15 is 0 Å². The predicted molar refractivity (Wildman–Crippen MR) is 110 cm³/mol. The first-order valence-electron chi connectivity index (χ1n) is 7.51. The summed E-state index contributed by atoms with van der Waals surface area (Å²) in [7, 11) is 6.00. The first kappa shape index (κ1) is 17.3. The number of rotatable bonds is 7. The summed E-state index contributed by atoms with van der Waals surface area (Å²) in [6, 6.07) is 5.81. The molecular weight excluding hydrogens is 291 g/mol. The van der Waals surface area contributed by atoms with Gasteiger partial charge >= 0.3 is 0 Å². The summed E-state index contributed by atoms with van der Waals surface area (Å²) in [6.45, 7) is 15.2. The highest BCUT2D eigenvalue weighted by Crippen LogP contribution is 2.31. The fourth-order valence-electron chi connectivity index (χ4n) is 2.55. The van der Waals surface area contributed by atoms with Gasteiger partial charge in [-0.25, -0.2) is 4.99 Å². The minimum atomic E-state index is 0.682. The first-order chi connectivity index (χ1) is 11.7. The number of hydrogen-bond acceptors (Lipinski definition) is 1. The quantitative estimate of drug-likeness (QED) is 0.406. The van der Waals surface area contributed by atoms with Crippen LogP contribution < -0.4 is 5.46 Å². The standard InChI is InChI=1S/C21H19BN2/c1-5-9-11-17-18-13-12-16(22)15-20(18)24(19(17)8-4)21(10-6-2)23-14-7-3/h5-15H,1-4H2/b11-9-,21-10+,23-14?. The van der Waals surface area contributed by atoms with Gasteiger partial charge in [0.2, 0.25) is 0 Å². The molecular formula is C21H19BN2. The summed E-state index contributed by atoms with van der Waals surface area (Å²) in [5.41, 5.74) is 3.58. The smallest absolute Gasteiger partial charge is 0.137 e. The molecule has 0 unspecified atom stereocenters. The molecule has 3 heteroatoms. The van der Waals surface area contributed by atoms with Crippen molar-refractivity contribution < 1.29 is 0 Å². The number of nitrogens with zero attached hydrogens (tertiary/aromatic N) is 2. The third-order valence-corrected chi connectivity index (χ3v) is 3.47. The summed E-state index contributed by atoms with van der Waals surface area (Å²) < 4.78 is 2.00. The molecule has 2 aromatic rings. The van der Waals surface area contributed by atoms with Crippen LogP contribution in [-0.2, 0) is 0 Å². The molecule has 24 heavy (non-hydrogen) atoms. The first-order valence-corrected chi connectivity index (χ1v) is 7.51. The number of hydrogen-bond donors (Lipinski definition) is 0. The molecule has 0 aliphatic heterocycles. The summed E-state index contributed by atoms with van der Waals surface area (Å²) >= 11 is 0. The third-order valence-electron chi connectivity index (χ3n) is 3.47. The van der Waals surface area contributed by atoms with Gasteiger partial charge in [0.15, 0.2) is 0 Å². The second-order valence-electron chi connectivity index (χ2n) is 4.98. The van der Waals surface area contributed by atoms with Crippen LogP contribution in [0, 0.1) is 0 Å². The molecule has 1 heterocycles. The molecule has 0 saturated carbocycles. The van der Waals surface area contributed by atoms with Crippen LogP contribution in [-0.4, -0.2) is 18.6 Å². The Kier molecular flexibility index (Phi) is 5.75. The summed E-state index contributed by atoms with van der Waals surface area (Å²) in [6.07, 6.45) is 14.2. The topological polar surface area (TPSA) is 17.3 Å². The highest BCUT2D eigenvalue weighted by atomic mass is 15.1. The fraction of sp³-hybridized carbons (Fsp3) is 0. The molecule has 0 amide bonds. The Hall–Kier alpha value is -3.07. The van der Waals surface area contributed by atoms with E-state index in [1.54, 1.807) is 30.5 Å². The molecule has 0 bridgehead atoms. The number of benzene rings is 1. The van der Waals surface area contributed by atoms with Gasteiger partial charge in [0.05, 0.1) is 11.2 Å². The molecule has 0 fully saturated rings. The second-order valence-corrected chi connectivity index (χ2v) is 4.98. The van der Waals surface area contributed by atoms with E-state index in [0.717, 1.165) is 22.2 Å². The van der Waals surface area contributed by atoms with Crippen molar-refractivity contribution in [3.05, 3.63) is 86.2 Å². The Labute approximate surface area is 144 Å². The highest BCUT2D eigenvalue weighted by Gasteiger charge is 2.15. The molecule has 2 nitrogen and oxygen atoms in total. The zero-order valence-corrected chi connectivity index (χ0v) is 13.7. The molecule has 1 aromatic carbocycles. The van der Waals surface area contributed by atoms with Crippen LogP contribution in [0.4, 0.5) is 0 Å². The molecule has 1 aromatic heterocycles. The van der Waals surface area contributed by atoms with E-state index in [0.29, 0.717) is 11.3 Å². The van der Waals surface area contributed by atoms with Crippen molar-refractivity contribution in [2.24, 2.45) is 4.99 Å². The van der Waals surface area contributed by atoms with Crippen LogP contribution in [0.15, 0.2) is 79.9 Å². The Morgan fingerprint density at radius 2 is 1.88 bits per heavy atom. The van der Waals surface area contributed by atoms with Crippen molar-refractivity contribution in [1.29, 1.82) is 0 Å². The molecule has 0 aliphatic rings. The summed E-state index contributed by atoms with van der Waals surface area (Å²) in [4.78, 5) is 4.46. The molecule has 2 radical (unpaired) electrons. The SMILES string of the molecule is [B]c1ccc2c(/C=C\C=C)c(C=C)n(/C(=C/C=C)N=CC=C)c2c1. The lowest BCUT2D eigenvalue weighted by Crippen LogP contribution is -2.03. The second kappa shape index (κ2) is 7.98. The van der Waals surface area contributed by atoms with Crippen molar-refractivity contribution in [1.82, 2.24) is 4.57 Å². The fourth-order valence-corrected chi connectivity index (χ4v) is 2.55. The van der Waals surface area contributed by atoms with Gasteiger partial charge < -0.3 is 0 Å². The zero-order chi connectivity index (χ0) is 17.5. The highest BCUT2D eigenvalue weighted by molar-refractivity contribution is 6.33. The van der Waals surface area contributed by atoms with Crippen molar-refractivity contribution in [3.8, 4) is 0 Å². The molecule has 2 rings (SSSR count). The van der Waals surface area contributed by atoms with E-state index in [2.05, 4.69) is 31.3 Å². The van der Waals surface area contributed by atoms with Crippen LogP contribution in [0.3, 0.4) is 0 Å². The van der Waals surface area contributed by atoms with Crippen molar-refractivity contribution in [3.63, 3.8) is 0 Å². The average molecular weight is 310 g/mol. The van der Waals surface area contributed by atoms with Gasteiger partial charge in [0.25, 0.3) is 0 Å². The Bertz CT molecular complexity index is 892. The van der Waals surface area contributed by atoms with E-state index in [1.165, 1.54) is 0 Å². The monoisotopic (exact) mass is 310 g/mol. The zero-order valence-electron chi connectivity index (χ0n) is 13.7. The summed E-state index contributed by atoms with van der Waals surface area (Å²) in [5.74, 6) is 0.702. The van der Waals surface area contributed by atoms with Gasteiger partial charge in [-0.15, -0.1) is 0 Å². The lowest BCUT2D eigenvalue weighted by molar-refractivity contribution is 1.11. The minimum absolute atomic E-state index is 0.682. The van der Waals surface area contributed by atoms with Crippen molar-refractivity contribution >= 4 is 48.4 Å². The van der Waals surface area contributed by atoms with Gasteiger partial charge in [0.1, 0.15) is 13.7 Å². The van der Waals surface area contributed by atoms with E-state index in [-0.39, 0.29) is 0 Å². The maximum absolute atomic E-state index is 6.00. The Morgan fingerprint density at radius 1 is 1.08 bits per heavy atom. The normalized spacial score (nSPS) is 12.1. The summed E-state index contributed by atoms with van der Waals surface area (Å²) in [5, 5.41) is 1.06. The number of allylic oxidation sites excluding steroid dienone is 5. The van der Waals surface area contributed by atoms with Crippen molar-refractivity contribution in [2.75, 3.05) is 0 Å². The number of aliphatic imine (C=N–C) groups is 1. The Balaban J connectivity index is 2.94. The van der Waals surface area contributed by atoms with Crippen LogP contribution >= 0.6 is 0 Å².